The van der Waals surface area contributed by atoms with E-state index in [-0.39, 0.29) is 30.2 Å². The third-order valence-corrected chi connectivity index (χ3v) is 4.54. The van der Waals surface area contributed by atoms with Gasteiger partial charge in [0, 0.05) is 22.7 Å². The van der Waals surface area contributed by atoms with Gasteiger partial charge in [0.2, 0.25) is 0 Å². The van der Waals surface area contributed by atoms with Crippen LogP contribution in [0, 0.1) is 15.3 Å². The summed E-state index contributed by atoms with van der Waals surface area (Å²) in [5, 5.41) is 0. The van der Waals surface area contributed by atoms with Crippen molar-refractivity contribution in [2.75, 3.05) is 13.1 Å². The van der Waals surface area contributed by atoms with Crippen LogP contribution >= 0.6 is 35.0 Å². The molecular formula is C14H19ClFIN2O. The Kier molecular flexibility index (Phi) is 6.68. The Morgan fingerprint density at radius 2 is 2.25 bits per heavy atom. The van der Waals surface area contributed by atoms with Crippen LogP contribution in [0.5, 0.6) is 0 Å². The second-order valence-electron chi connectivity index (χ2n) is 5.14. The van der Waals surface area contributed by atoms with Gasteiger partial charge in [-0.2, -0.15) is 0 Å². The lowest BCUT2D eigenvalue weighted by molar-refractivity contribution is 0.0660. The zero-order chi connectivity index (χ0) is 14.0. The number of likely N-dealkylation sites (tertiary alicyclic amines) is 1. The highest BCUT2D eigenvalue weighted by Crippen LogP contribution is 2.22. The first-order chi connectivity index (χ1) is 8.99. The molecule has 1 aromatic carbocycles. The Bertz CT molecular complexity index is 484. The Hall–Kier alpha value is -0.400. The van der Waals surface area contributed by atoms with Crippen LogP contribution in [0.3, 0.4) is 0 Å². The number of hydrogen-bond acceptors (Lipinski definition) is 2. The minimum absolute atomic E-state index is 0. The van der Waals surface area contributed by atoms with Gasteiger partial charge in [0.05, 0.1) is 5.56 Å². The molecule has 0 aliphatic carbocycles. The topological polar surface area (TPSA) is 46.3 Å². The molecule has 1 aliphatic rings. The van der Waals surface area contributed by atoms with Crippen molar-refractivity contribution >= 4 is 40.9 Å². The van der Waals surface area contributed by atoms with Crippen molar-refractivity contribution in [1.29, 1.82) is 0 Å². The number of rotatable bonds is 2. The molecule has 1 aromatic rings. The van der Waals surface area contributed by atoms with Crippen LogP contribution in [0.15, 0.2) is 18.2 Å². The normalized spacial score (nSPS) is 20.2. The van der Waals surface area contributed by atoms with Crippen molar-refractivity contribution in [2.24, 2.45) is 11.7 Å². The summed E-state index contributed by atoms with van der Waals surface area (Å²) >= 11 is 2.00. The van der Waals surface area contributed by atoms with Crippen molar-refractivity contribution in [3.8, 4) is 0 Å². The highest BCUT2D eigenvalue weighted by atomic mass is 127. The molecule has 2 N–H and O–H groups in total. The van der Waals surface area contributed by atoms with E-state index < -0.39 is 0 Å². The number of carbonyl (C=O) groups is 1. The molecule has 20 heavy (non-hydrogen) atoms. The molecule has 1 saturated heterocycles. The number of halogens is 3. The van der Waals surface area contributed by atoms with Crippen molar-refractivity contribution < 1.29 is 9.18 Å². The van der Waals surface area contributed by atoms with E-state index in [9.17, 15) is 9.18 Å². The molecule has 1 heterocycles. The van der Waals surface area contributed by atoms with Gasteiger partial charge < -0.3 is 10.6 Å². The van der Waals surface area contributed by atoms with E-state index in [0.717, 1.165) is 19.4 Å². The first-order valence-corrected chi connectivity index (χ1v) is 7.57. The minimum Gasteiger partial charge on any atom is -0.338 e. The van der Waals surface area contributed by atoms with Crippen molar-refractivity contribution in [3.05, 3.63) is 33.1 Å². The van der Waals surface area contributed by atoms with Gasteiger partial charge in [-0.25, -0.2) is 4.39 Å². The van der Waals surface area contributed by atoms with Crippen LogP contribution in [-0.2, 0) is 0 Å². The molecule has 0 radical (unpaired) electrons. The summed E-state index contributed by atoms with van der Waals surface area (Å²) in [6.07, 6.45) is 2.05. The fraction of sp³-hybridized carbons (Fsp3) is 0.500. The predicted molar refractivity (Wildman–Crippen MR) is 88.6 cm³/mol. The lowest BCUT2D eigenvalue weighted by atomic mass is 9.92. The third kappa shape index (κ3) is 4.05. The van der Waals surface area contributed by atoms with Crippen LogP contribution in [0.4, 0.5) is 4.39 Å². The fourth-order valence-electron chi connectivity index (χ4n) is 2.46. The third-order valence-electron chi connectivity index (χ3n) is 3.65. The zero-order valence-electron chi connectivity index (χ0n) is 11.3. The lowest BCUT2D eigenvalue weighted by Gasteiger charge is -2.34. The average Bonchev–Trinajstić information content (AvgIpc) is 2.38. The zero-order valence-corrected chi connectivity index (χ0v) is 14.3. The maximum absolute atomic E-state index is 13.1. The summed E-state index contributed by atoms with van der Waals surface area (Å²) in [7, 11) is 0. The maximum Gasteiger partial charge on any atom is 0.254 e. The fourth-order valence-corrected chi connectivity index (χ4v) is 3.16. The molecule has 0 aromatic heterocycles. The Morgan fingerprint density at radius 3 is 2.85 bits per heavy atom. The van der Waals surface area contributed by atoms with E-state index in [0.29, 0.717) is 21.6 Å². The van der Waals surface area contributed by atoms with Crippen LogP contribution in [0.1, 0.15) is 30.1 Å². The number of nitrogens with two attached hydrogens (primary N) is 1. The molecule has 1 aliphatic heterocycles. The standard InChI is InChI=1S/C14H18FIN2O.ClH/c1-9(17)10-3-2-6-18(8-10)14(19)12-5-4-11(15)7-13(12)16;/h4-5,7,9-10H,2-3,6,8,17H2,1H3;1H. The van der Waals surface area contributed by atoms with E-state index in [1.54, 1.807) is 6.07 Å². The first kappa shape index (κ1) is 17.7. The van der Waals surface area contributed by atoms with Gasteiger partial charge in [-0.3, -0.25) is 4.79 Å². The number of amides is 1. The number of carbonyl (C=O) groups excluding carboxylic acids is 1. The van der Waals surface area contributed by atoms with Gasteiger partial charge in [-0.15, -0.1) is 12.4 Å². The Morgan fingerprint density at radius 1 is 1.55 bits per heavy atom. The molecule has 112 valence electrons. The summed E-state index contributed by atoms with van der Waals surface area (Å²) in [4.78, 5) is 14.3. The van der Waals surface area contributed by atoms with Gasteiger partial charge in [-0.05, 0) is 66.5 Å². The molecule has 6 heteroatoms. The van der Waals surface area contributed by atoms with E-state index in [1.165, 1.54) is 12.1 Å². The summed E-state index contributed by atoms with van der Waals surface area (Å²) in [6.45, 7) is 3.44. The average molecular weight is 413 g/mol. The van der Waals surface area contributed by atoms with Gasteiger partial charge in [0.1, 0.15) is 5.82 Å². The number of nitrogens with zero attached hydrogens (tertiary/aromatic N) is 1. The Balaban J connectivity index is 0.00000200. The largest absolute Gasteiger partial charge is 0.338 e. The number of benzene rings is 1. The first-order valence-electron chi connectivity index (χ1n) is 6.49. The number of piperidine rings is 1. The molecule has 0 saturated carbocycles. The van der Waals surface area contributed by atoms with E-state index in [4.69, 9.17) is 5.73 Å². The Labute approximate surface area is 138 Å². The van der Waals surface area contributed by atoms with Crippen LogP contribution < -0.4 is 5.73 Å². The number of hydrogen-bond donors (Lipinski definition) is 1. The predicted octanol–water partition coefficient (Wildman–Crippen LogP) is 3.05. The molecule has 0 bridgehead atoms. The molecule has 1 fully saturated rings. The highest BCUT2D eigenvalue weighted by molar-refractivity contribution is 14.1. The summed E-state index contributed by atoms with van der Waals surface area (Å²) in [5.74, 6) is 0.0265. The van der Waals surface area contributed by atoms with E-state index in [2.05, 4.69) is 0 Å². The van der Waals surface area contributed by atoms with E-state index >= 15 is 0 Å². The van der Waals surface area contributed by atoms with Crippen molar-refractivity contribution in [1.82, 2.24) is 4.90 Å². The van der Waals surface area contributed by atoms with Crippen LogP contribution in [-0.4, -0.2) is 29.9 Å². The summed E-state index contributed by atoms with van der Waals surface area (Å²) < 4.78 is 13.7. The quantitative estimate of drug-likeness (QED) is 0.759. The molecule has 2 atom stereocenters. The molecule has 0 spiro atoms. The molecular weight excluding hydrogens is 394 g/mol. The summed E-state index contributed by atoms with van der Waals surface area (Å²) in [6, 6.07) is 4.39. The van der Waals surface area contributed by atoms with Gasteiger partial charge in [-0.1, -0.05) is 0 Å². The van der Waals surface area contributed by atoms with Crippen molar-refractivity contribution in [2.45, 2.75) is 25.8 Å². The van der Waals surface area contributed by atoms with Crippen LogP contribution in [0.25, 0.3) is 0 Å². The lowest BCUT2D eigenvalue weighted by Crippen LogP contribution is -2.45. The second kappa shape index (κ2) is 7.56. The summed E-state index contributed by atoms with van der Waals surface area (Å²) in [5.41, 5.74) is 6.51. The van der Waals surface area contributed by atoms with Gasteiger partial charge >= 0.3 is 0 Å². The van der Waals surface area contributed by atoms with Gasteiger partial charge in [0.25, 0.3) is 5.91 Å². The monoisotopic (exact) mass is 412 g/mol. The maximum atomic E-state index is 13.1. The van der Waals surface area contributed by atoms with Crippen molar-refractivity contribution in [3.63, 3.8) is 0 Å². The highest BCUT2D eigenvalue weighted by Gasteiger charge is 2.27. The molecule has 2 unspecified atom stereocenters. The second-order valence-corrected chi connectivity index (χ2v) is 6.30. The molecule has 3 nitrogen and oxygen atoms in total. The van der Waals surface area contributed by atoms with Crippen LogP contribution in [0.2, 0.25) is 0 Å². The van der Waals surface area contributed by atoms with Gasteiger partial charge in [0.15, 0.2) is 0 Å². The van der Waals surface area contributed by atoms with E-state index in [1.807, 2.05) is 34.4 Å². The smallest absolute Gasteiger partial charge is 0.254 e. The molecule has 2 rings (SSSR count). The molecule has 1 amide bonds. The SMILES string of the molecule is CC(N)C1CCCN(C(=O)c2ccc(F)cc2I)C1.Cl. The minimum atomic E-state index is -0.312.